The van der Waals surface area contributed by atoms with Crippen molar-refractivity contribution in [1.29, 1.82) is 5.26 Å². The average molecular weight is 544 g/mol. The van der Waals surface area contributed by atoms with Crippen LogP contribution in [0.25, 0.3) is 10.8 Å². The van der Waals surface area contributed by atoms with Crippen LogP contribution in [0.4, 0.5) is 13.2 Å². The van der Waals surface area contributed by atoms with Crippen molar-refractivity contribution in [2.24, 2.45) is 22.7 Å². The summed E-state index contributed by atoms with van der Waals surface area (Å²) in [5.74, 6) is -3.84. The molecule has 4 rings (SSSR count). The number of fused-ring (bicyclic) bond motifs is 2. The Morgan fingerprint density at radius 2 is 1.82 bits per heavy atom. The smallest absolute Gasteiger partial charge is 0.336 e. The third-order valence-corrected chi connectivity index (χ3v) is 8.15. The number of hydrogen-bond acceptors (Lipinski definition) is 5. The van der Waals surface area contributed by atoms with E-state index in [0.29, 0.717) is 5.56 Å². The van der Waals surface area contributed by atoms with Crippen LogP contribution in [0.3, 0.4) is 0 Å². The molecule has 11 heteroatoms. The van der Waals surface area contributed by atoms with Crippen molar-refractivity contribution in [3.05, 3.63) is 41.7 Å². The van der Waals surface area contributed by atoms with Gasteiger partial charge in [0.1, 0.15) is 18.1 Å². The van der Waals surface area contributed by atoms with Crippen molar-refractivity contribution in [2.45, 2.75) is 65.8 Å². The molecule has 2 N–H and O–H groups in total. The number of amides is 3. The summed E-state index contributed by atoms with van der Waals surface area (Å²) in [6.45, 7) is 10.6. The topological polar surface area (TPSA) is 115 Å². The molecule has 0 radical (unpaired) electrons. The number of carbonyl (C=O) groups excluding carboxylic acids is 3. The maximum atomic E-state index is 13.8. The number of nitriles is 1. The van der Waals surface area contributed by atoms with Gasteiger partial charge in [0, 0.05) is 29.9 Å². The first-order chi connectivity index (χ1) is 18.0. The standard InChI is InChI=1S/C28H32F3N5O3/c1-14-8-7-9-15-11-33-12-16(19(14)15)18(10-32)34-23(37)21-20-17(27(20,5)6)13-36(21)24(38)22(26(2,3)4)35-25(39)28(29,30)31/h7-9,11-12,17-18,20-22H,13H2,1-6H3,(H,34,37)(H,35,39)/t17-,18?,20-,21-,22+/m0/s1. The molecule has 2 aliphatic rings. The second-order valence-corrected chi connectivity index (χ2v) is 12.1. The van der Waals surface area contributed by atoms with Crippen LogP contribution in [0.1, 0.15) is 51.8 Å². The van der Waals surface area contributed by atoms with E-state index in [2.05, 4.69) is 16.4 Å². The van der Waals surface area contributed by atoms with E-state index in [-0.39, 0.29) is 23.8 Å². The number of nitrogens with zero attached hydrogens (tertiary/aromatic N) is 3. The molecule has 1 aliphatic heterocycles. The number of halogens is 3. The Balaban J connectivity index is 1.65. The fourth-order valence-corrected chi connectivity index (χ4v) is 5.92. The monoisotopic (exact) mass is 543 g/mol. The molecule has 8 nitrogen and oxygen atoms in total. The molecule has 1 aromatic carbocycles. The Kier molecular flexibility index (Phi) is 6.90. The number of aryl methyl sites for hydroxylation is 1. The number of carbonyl (C=O) groups is 3. The number of rotatable bonds is 5. The fraction of sp³-hybridized carbons (Fsp3) is 0.536. The van der Waals surface area contributed by atoms with Gasteiger partial charge in [-0.3, -0.25) is 19.4 Å². The summed E-state index contributed by atoms with van der Waals surface area (Å²) in [4.78, 5) is 44.7. The molecule has 1 aromatic heterocycles. The minimum absolute atomic E-state index is 0.0434. The minimum atomic E-state index is -5.17. The summed E-state index contributed by atoms with van der Waals surface area (Å²) in [6.07, 6.45) is -1.98. The summed E-state index contributed by atoms with van der Waals surface area (Å²) >= 11 is 0. The highest BCUT2D eigenvalue weighted by atomic mass is 19.4. The molecule has 3 amide bonds. The number of hydrogen-bond donors (Lipinski definition) is 2. The van der Waals surface area contributed by atoms with Crippen molar-refractivity contribution in [2.75, 3.05) is 6.54 Å². The number of pyridine rings is 1. The van der Waals surface area contributed by atoms with E-state index in [1.54, 1.807) is 27.0 Å². The molecular formula is C28H32F3N5O3. The van der Waals surface area contributed by atoms with Crippen molar-refractivity contribution >= 4 is 28.5 Å². The fourth-order valence-electron chi connectivity index (χ4n) is 5.92. The first-order valence-corrected chi connectivity index (χ1v) is 12.7. The van der Waals surface area contributed by atoms with Crippen LogP contribution in [0.2, 0.25) is 0 Å². The third-order valence-electron chi connectivity index (χ3n) is 8.15. The van der Waals surface area contributed by atoms with E-state index >= 15 is 0 Å². The summed E-state index contributed by atoms with van der Waals surface area (Å²) in [6, 6.07) is 4.13. The zero-order valence-corrected chi connectivity index (χ0v) is 22.7. The minimum Gasteiger partial charge on any atom is -0.336 e. The number of aromatic nitrogens is 1. The molecular weight excluding hydrogens is 511 g/mol. The molecule has 1 saturated carbocycles. The van der Waals surface area contributed by atoms with Crippen molar-refractivity contribution in [1.82, 2.24) is 20.5 Å². The van der Waals surface area contributed by atoms with Gasteiger partial charge in [0.15, 0.2) is 0 Å². The van der Waals surface area contributed by atoms with Crippen LogP contribution in [-0.4, -0.2) is 52.4 Å². The van der Waals surface area contributed by atoms with Crippen LogP contribution < -0.4 is 10.6 Å². The van der Waals surface area contributed by atoms with Crippen LogP contribution in [0.5, 0.6) is 0 Å². The van der Waals surface area contributed by atoms with Crippen LogP contribution >= 0.6 is 0 Å². The van der Waals surface area contributed by atoms with Gasteiger partial charge in [-0.15, -0.1) is 0 Å². The molecule has 0 spiro atoms. The largest absolute Gasteiger partial charge is 0.471 e. The maximum Gasteiger partial charge on any atom is 0.471 e. The second kappa shape index (κ2) is 9.50. The molecule has 208 valence electrons. The van der Waals surface area contributed by atoms with Gasteiger partial charge in [0.05, 0.1) is 6.07 Å². The Bertz CT molecular complexity index is 1370. The molecule has 1 unspecified atom stereocenters. The molecule has 2 fully saturated rings. The molecule has 1 aliphatic carbocycles. The molecule has 0 bridgehead atoms. The van der Waals surface area contributed by atoms with Crippen molar-refractivity contribution < 1.29 is 27.6 Å². The van der Waals surface area contributed by atoms with Gasteiger partial charge in [-0.1, -0.05) is 52.8 Å². The number of alkyl halides is 3. The first kappa shape index (κ1) is 28.3. The highest BCUT2D eigenvalue weighted by Gasteiger charge is 2.70. The van der Waals surface area contributed by atoms with Crippen molar-refractivity contribution in [3.8, 4) is 6.07 Å². The normalized spacial score (nSPS) is 23.4. The van der Waals surface area contributed by atoms with Gasteiger partial charge < -0.3 is 15.5 Å². The zero-order valence-electron chi connectivity index (χ0n) is 22.7. The van der Waals surface area contributed by atoms with E-state index < -0.39 is 47.4 Å². The predicted octanol–water partition coefficient (Wildman–Crippen LogP) is 3.80. The number of benzene rings is 1. The lowest BCUT2D eigenvalue weighted by atomic mass is 9.85. The van der Waals surface area contributed by atoms with Crippen LogP contribution in [-0.2, 0) is 14.4 Å². The summed E-state index contributed by atoms with van der Waals surface area (Å²) in [7, 11) is 0. The summed E-state index contributed by atoms with van der Waals surface area (Å²) < 4.78 is 39.2. The van der Waals surface area contributed by atoms with E-state index in [9.17, 15) is 32.8 Å². The zero-order chi connectivity index (χ0) is 29.1. The van der Waals surface area contributed by atoms with Crippen LogP contribution in [0.15, 0.2) is 30.6 Å². The lowest BCUT2D eigenvalue weighted by Gasteiger charge is -2.37. The number of nitrogens with one attached hydrogen (secondary N) is 2. The van der Waals surface area contributed by atoms with Gasteiger partial charge in [0.25, 0.3) is 0 Å². The first-order valence-electron chi connectivity index (χ1n) is 12.7. The lowest BCUT2D eigenvalue weighted by molar-refractivity contribution is -0.176. The van der Waals surface area contributed by atoms with Gasteiger partial charge in [-0.25, -0.2) is 0 Å². The third kappa shape index (κ3) is 5.04. The van der Waals surface area contributed by atoms with E-state index in [1.807, 2.05) is 44.3 Å². The molecule has 2 heterocycles. The van der Waals surface area contributed by atoms with Gasteiger partial charge in [-0.2, -0.15) is 18.4 Å². The summed E-state index contributed by atoms with van der Waals surface area (Å²) in [5, 5.41) is 16.2. The van der Waals surface area contributed by atoms with Gasteiger partial charge >= 0.3 is 12.1 Å². The predicted molar refractivity (Wildman–Crippen MR) is 137 cm³/mol. The van der Waals surface area contributed by atoms with Gasteiger partial charge in [0.2, 0.25) is 11.8 Å². The van der Waals surface area contributed by atoms with Crippen LogP contribution in [0, 0.1) is 40.9 Å². The van der Waals surface area contributed by atoms with E-state index in [0.717, 1.165) is 16.3 Å². The Labute approximate surface area is 224 Å². The SMILES string of the molecule is Cc1cccc2cncc(C(C#N)NC(=O)[C@@H]3[C@@H]4[C@H](CN3C(=O)[C@@H](NC(=O)C(F)(F)F)C(C)(C)C)C4(C)C)c12. The molecule has 39 heavy (non-hydrogen) atoms. The Hall–Kier alpha value is -3.68. The Morgan fingerprint density at radius 1 is 1.15 bits per heavy atom. The highest BCUT2D eigenvalue weighted by molar-refractivity contribution is 5.95. The number of likely N-dealkylation sites (tertiary alicyclic amines) is 1. The molecule has 5 atom stereocenters. The highest BCUT2D eigenvalue weighted by Crippen LogP contribution is 2.65. The lowest BCUT2D eigenvalue weighted by Crippen LogP contribution is -2.60. The average Bonchev–Trinajstić information content (AvgIpc) is 3.16. The molecule has 2 aromatic rings. The van der Waals surface area contributed by atoms with Crippen molar-refractivity contribution in [3.63, 3.8) is 0 Å². The second-order valence-electron chi connectivity index (χ2n) is 12.1. The Morgan fingerprint density at radius 3 is 2.41 bits per heavy atom. The molecule has 1 saturated heterocycles. The summed E-state index contributed by atoms with van der Waals surface area (Å²) in [5.41, 5.74) is 0.0657. The van der Waals surface area contributed by atoms with E-state index in [4.69, 9.17) is 0 Å². The number of piperidine rings is 1. The maximum absolute atomic E-state index is 13.8. The quantitative estimate of drug-likeness (QED) is 0.595. The van der Waals surface area contributed by atoms with E-state index in [1.165, 1.54) is 11.1 Å². The van der Waals surface area contributed by atoms with Gasteiger partial charge in [-0.05, 0) is 40.5 Å².